The van der Waals surface area contributed by atoms with E-state index >= 15 is 0 Å². The topological polar surface area (TPSA) is 78.1 Å². The fourth-order valence-corrected chi connectivity index (χ4v) is 2.50. The SMILES string of the molecule is Cc1nnc(-c2ccc(C(=O)OC(C)c3nccs3)cc2)o1. The lowest BCUT2D eigenvalue weighted by Crippen LogP contribution is -2.08. The zero-order valence-corrected chi connectivity index (χ0v) is 12.8. The van der Waals surface area contributed by atoms with Gasteiger partial charge in [0.25, 0.3) is 0 Å². The highest BCUT2D eigenvalue weighted by Crippen LogP contribution is 2.22. The van der Waals surface area contributed by atoms with Crippen molar-refractivity contribution in [3.05, 3.63) is 52.3 Å². The Kier molecular flexibility index (Phi) is 3.97. The minimum absolute atomic E-state index is 0.370. The van der Waals surface area contributed by atoms with Gasteiger partial charge in [0, 0.05) is 24.1 Å². The number of aryl methyl sites for hydroxylation is 1. The molecule has 1 atom stereocenters. The number of carbonyl (C=O) groups is 1. The molecule has 2 aromatic heterocycles. The predicted octanol–water partition coefficient (Wildman–Crippen LogP) is 3.42. The summed E-state index contributed by atoms with van der Waals surface area (Å²) in [7, 11) is 0. The van der Waals surface area contributed by atoms with Gasteiger partial charge in [0.2, 0.25) is 11.8 Å². The molecule has 0 spiro atoms. The molecule has 1 unspecified atom stereocenters. The van der Waals surface area contributed by atoms with E-state index in [-0.39, 0.29) is 6.10 Å². The van der Waals surface area contributed by atoms with Gasteiger partial charge < -0.3 is 9.15 Å². The maximum atomic E-state index is 12.1. The number of ether oxygens (including phenoxy) is 1. The molecule has 6 nitrogen and oxygen atoms in total. The van der Waals surface area contributed by atoms with E-state index < -0.39 is 5.97 Å². The van der Waals surface area contributed by atoms with Crippen LogP contribution in [0, 0.1) is 6.92 Å². The number of hydrogen-bond acceptors (Lipinski definition) is 7. The molecule has 3 rings (SSSR count). The van der Waals surface area contributed by atoms with Gasteiger partial charge in [0.05, 0.1) is 5.56 Å². The summed E-state index contributed by atoms with van der Waals surface area (Å²) in [6.45, 7) is 3.52. The van der Waals surface area contributed by atoms with Crippen molar-refractivity contribution in [2.24, 2.45) is 0 Å². The molecule has 0 amide bonds. The largest absolute Gasteiger partial charge is 0.452 e. The molecule has 0 aliphatic heterocycles. The second-order valence-electron chi connectivity index (χ2n) is 4.62. The Morgan fingerprint density at radius 2 is 2.05 bits per heavy atom. The first-order chi connectivity index (χ1) is 10.6. The van der Waals surface area contributed by atoms with Crippen molar-refractivity contribution >= 4 is 17.3 Å². The average Bonchev–Trinajstić information content (AvgIpc) is 3.18. The third kappa shape index (κ3) is 3.04. The number of hydrogen-bond donors (Lipinski definition) is 0. The zero-order chi connectivity index (χ0) is 15.5. The van der Waals surface area contributed by atoms with Gasteiger partial charge in [-0.1, -0.05) is 0 Å². The highest BCUT2D eigenvalue weighted by Gasteiger charge is 2.16. The molecule has 0 radical (unpaired) electrons. The third-order valence-electron chi connectivity index (χ3n) is 2.98. The van der Waals surface area contributed by atoms with Crippen molar-refractivity contribution in [2.45, 2.75) is 20.0 Å². The van der Waals surface area contributed by atoms with Crippen LogP contribution in [0.1, 0.15) is 34.3 Å². The minimum atomic E-state index is -0.393. The zero-order valence-electron chi connectivity index (χ0n) is 12.0. The van der Waals surface area contributed by atoms with Crippen molar-refractivity contribution in [1.29, 1.82) is 0 Å². The fourth-order valence-electron chi connectivity index (χ4n) is 1.88. The Morgan fingerprint density at radius 1 is 1.27 bits per heavy atom. The van der Waals surface area contributed by atoms with Crippen molar-refractivity contribution in [3.63, 3.8) is 0 Å². The van der Waals surface area contributed by atoms with E-state index in [0.29, 0.717) is 17.3 Å². The first-order valence-electron chi connectivity index (χ1n) is 6.64. The van der Waals surface area contributed by atoms with Gasteiger partial charge in [0.1, 0.15) is 5.01 Å². The van der Waals surface area contributed by atoms with Crippen molar-refractivity contribution < 1.29 is 13.9 Å². The fraction of sp³-hybridized carbons (Fsp3) is 0.200. The number of carbonyl (C=O) groups excluding carboxylic acids is 1. The summed E-state index contributed by atoms with van der Waals surface area (Å²) in [4.78, 5) is 16.2. The Hall–Kier alpha value is -2.54. The van der Waals surface area contributed by atoms with Gasteiger partial charge in [-0.05, 0) is 31.2 Å². The van der Waals surface area contributed by atoms with E-state index in [4.69, 9.17) is 9.15 Å². The van der Waals surface area contributed by atoms with Crippen LogP contribution in [0.25, 0.3) is 11.5 Å². The monoisotopic (exact) mass is 315 g/mol. The first kappa shape index (κ1) is 14.4. The smallest absolute Gasteiger partial charge is 0.338 e. The van der Waals surface area contributed by atoms with Gasteiger partial charge in [-0.2, -0.15) is 0 Å². The highest BCUT2D eigenvalue weighted by molar-refractivity contribution is 7.09. The molecule has 0 aliphatic carbocycles. The number of nitrogens with zero attached hydrogens (tertiary/aromatic N) is 3. The van der Waals surface area contributed by atoms with Crippen LogP contribution < -0.4 is 0 Å². The molecule has 0 saturated heterocycles. The maximum Gasteiger partial charge on any atom is 0.338 e. The quantitative estimate of drug-likeness (QED) is 0.686. The number of rotatable bonds is 4. The molecule has 7 heteroatoms. The Morgan fingerprint density at radius 3 is 2.64 bits per heavy atom. The van der Waals surface area contributed by atoms with Crippen LogP contribution in [0.15, 0.2) is 40.3 Å². The van der Waals surface area contributed by atoms with Crippen LogP contribution >= 0.6 is 11.3 Å². The summed E-state index contributed by atoms with van der Waals surface area (Å²) in [6.07, 6.45) is 1.32. The molecule has 3 aromatic rings. The third-order valence-corrected chi connectivity index (χ3v) is 3.91. The number of thiazole rings is 1. The van der Waals surface area contributed by atoms with Gasteiger partial charge in [-0.3, -0.25) is 0 Å². The molecule has 1 aromatic carbocycles. The molecule has 2 heterocycles. The molecular weight excluding hydrogens is 302 g/mol. The van der Waals surface area contributed by atoms with Crippen molar-refractivity contribution in [1.82, 2.24) is 15.2 Å². The standard InChI is InChI=1S/C15H13N3O3S/c1-9(14-16-7-8-22-14)20-15(19)12-5-3-11(4-6-12)13-18-17-10(2)21-13/h3-9H,1-2H3. The molecule has 112 valence electrons. The van der Waals surface area contributed by atoms with Gasteiger partial charge in [0.15, 0.2) is 6.10 Å². The Labute approximate surface area is 130 Å². The molecule has 0 aliphatic rings. The van der Waals surface area contributed by atoms with Gasteiger partial charge in [-0.25, -0.2) is 9.78 Å². The van der Waals surface area contributed by atoms with E-state index in [2.05, 4.69) is 15.2 Å². The molecule has 22 heavy (non-hydrogen) atoms. The summed E-state index contributed by atoms with van der Waals surface area (Å²) in [5.41, 5.74) is 1.22. The lowest BCUT2D eigenvalue weighted by atomic mass is 10.1. The molecule has 0 N–H and O–H groups in total. The maximum absolute atomic E-state index is 12.1. The molecule has 0 saturated carbocycles. The highest BCUT2D eigenvalue weighted by atomic mass is 32.1. The van der Waals surface area contributed by atoms with Crippen LogP contribution in [-0.4, -0.2) is 21.2 Å². The Bertz CT molecular complexity index is 766. The van der Waals surface area contributed by atoms with E-state index in [9.17, 15) is 4.79 Å². The average molecular weight is 315 g/mol. The van der Waals surface area contributed by atoms with E-state index in [0.717, 1.165) is 10.6 Å². The summed E-state index contributed by atoms with van der Waals surface area (Å²) in [5, 5.41) is 10.3. The van der Waals surface area contributed by atoms with Crippen molar-refractivity contribution in [2.75, 3.05) is 0 Å². The molecular formula is C15H13N3O3S. The number of aromatic nitrogens is 3. The summed E-state index contributed by atoms with van der Waals surface area (Å²) < 4.78 is 10.7. The van der Waals surface area contributed by atoms with E-state index in [1.54, 1.807) is 44.3 Å². The Balaban J connectivity index is 1.71. The number of esters is 1. The normalized spacial score (nSPS) is 12.1. The molecule has 0 bridgehead atoms. The van der Waals surface area contributed by atoms with Gasteiger partial charge >= 0.3 is 5.97 Å². The van der Waals surface area contributed by atoms with Crippen LogP contribution in [0.2, 0.25) is 0 Å². The predicted molar refractivity (Wildman–Crippen MR) is 80.4 cm³/mol. The van der Waals surface area contributed by atoms with E-state index in [1.165, 1.54) is 11.3 Å². The lowest BCUT2D eigenvalue weighted by Gasteiger charge is -2.10. The van der Waals surface area contributed by atoms with Crippen molar-refractivity contribution in [3.8, 4) is 11.5 Å². The van der Waals surface area contributed by atoms with Gasteiger partial charge in [-0.15, -0.1) is 21.5 Å². The van der Waals surface area contributed by atoms with Crippen LogP contribution in [-0.2, 0) is 4.74 Å². The van der Waals surface area contributed by atoms with E-state index in [1.807, 2.05) is 5.38 Å². The van der Waals surface area contributed by atoms with Crippen LogP contribution in [0.4, 0.5) is 0 Å². The second-order valence-corrected chi connectivity index (χ2v) is 5.55. The summed E-state index contributed by atoms with van der Waals surface area (Å²) in [5.74, 6) is 0.528. The lowest BCUT2D eigenvalue weighted by molar-refractivity contribution is 0.0337. The first-order valence-corrected chi connectivity index (χ1v) is 7.52. The van der Waals surface area contributed by atoms with Crippen LogP contribution in [0.3, 0.4) is 0 Å². The summed E-state index contributed by atoms with van der Waals surface area (Å²) in [6, 6.07) is 6.84. The number of benzene rings is 1. The summed E-state index contributed by atoms with van der Waals surface area (Å²) >= 11 is 1.45. The second kappa shape index (κ2) is 6.07. The van der Waals surface area contributed by atoms with Crippen LogP contribution in [0.5, 0.6) is 0 Å². The molecule has 0 fully saturated rings. The minimum Gasteiger partial charge on any atom is -0.452 e.